The second-order valence-corrected chi connectivity index (χ2v) is 6.26. The van der Waals surface area contributed by atoms with Crippen molar-refractivity contribution in [2.75, 3.05) is 26.8 Å². The molecule has 0 aliphatic carbocycles. The number of benzene rings is 1. The molecular formula is C19H23NO5. The SMILES string of the molecule is CCOC(=O)C1CCN(Cc2cc(=O)oc3cc(OC)ccc23)CC1. The number of nitrogens with zero attached hydrogens (tertiary/aromatic N) is 1. The monoisotopic (exact) mass is 345 g/mol. The molecule has 1 aliphatic rings. The lowest BCUT2D eigenvalue weighted by Gasteiger charge is -2.30. The number of carbonyl (C=O) groups is 1. The van der Waals surface area contributed by atoms with Crippen molar-refractivity contribution in [2.45, 2.75) is 26.3 Å². The van der Waals surface area contributed by atoms with Crippen LogP contribution in [0.25, 0.3) is 11.0 Å². The topological polar surface area (TPSA) is 69.0 Å². The van der Waals surface area contributed by atoms with E-state index < -0.39 is 0 Å². The lowest BCUT2D eigenvalue weighted by molar-refractivity contribution is -0.149. The first-order valence-electron chi connectivity index (χ1n) is 8.60. The molecule has 6 nitrogen and oxygen atoms in total. The molecule has 1 aromatic carbocycles. The van der Waals surface area contributed by atoms with E-state index in [1.165, 1.54) is 0 Å². The van der Waals surface area contributed by atoms with Crippen molar-refractivity contribution in [2.24, 2.45) is 5.92 Å². The lowest BCUT2D eigenvalue weighted by atomic mass is 9.96. The molecular weight excluding hydrogens is 322 g/mol. The van der Waals surface area contributed by atoms with Gasteiger partial charge in [0.1, 0.15) is 11.3 Å². The Balaban J connectivity index is 1.73. The molecule has 0 unspecified atom stereocenters. The van der Waals surface area contributed by atoms with Gasteiger partial charge in [-0.15, -0.1) is 0 Å². The molecule has 3 rings (SSSR count). The molecule has 25 heavy (non-hydrogen) atoms. The maximum absolute atomic E-state index is 11.9. The Bertz CT molecular complexity index is 805. The number of fused-ring (bicyclic) bond motifs is 1. The molecule has 134 valence electrons. The van der Waals surface area contributed by atoms with Crippen LogP contribution in [0.3, 0.4) is 0 Å². The van der Waals surface area contributed by atoms with Gasteiger partial charge in [0.15, 0.2) is 0 Å². The maximum atomic E-state index is 11.9. The fraction of sp³-hybridized carbons (Fsp3) is 0.474. The van der Waals surface area contributed by atoms with E-state index >= 15 is 0 Å². The smallest absolute Gasteiger partial charge is 0.336 e. The third-order valence-electron chi connectivity index (χ3n) is 4.64. The molecule has 0 radical (unpaired) electrons. The second kappa shape index (κ2) is 7.70. The molecule has 0 bridgehead atoms. The van der Waals surface area contributed by atoms with Gasteiger partial charge in [-0.1, -0.05) is 0 Å². The minimum absolute atomic E-state index is 0.0157. The van der Waals surface area contributed by atoms with E-state index in [-0.39, 0.29) is 17.5 Å². The Morgan fingerprint density at radius 2 is 2.04 bits per heavy atom. The van der Waals surface area contributed by atoms with Crippen molar-refractivity contribution in [3.05, 3.63) is 40.2 Å². The quantitative estimate of drug-likeness (QED) is 0.613. The summed E-state index contributed by atoms with van der Waals surface area (Å²) < 4.78 is 15.6. The first-order chi connectivity index (χ1) is 12.1. The minimum atomic E-state index is -0.364. The number of likely N-dealkylation sites (tertiary alicyclic amines) is 1. The van der Waals surface area contributed by atoms with Crippen LogP contribution < -0.4 is 10.4 Å². The van der Waals surface area contributed by atoms with E-state index in [0.717, 1.165) is 36.9 Å². The first kappa shape index (κ1) is 17.5. The Morgan fingerprint density at radius 1 is 1.28 bits per heavy atom. The number of piperidine rings is 1. The standard InChI is InChI=1S/C19H23NO5/c1-3-24-19(22)13-6-8-20(9-7-13)12-14-10-18(21)25-17-11-15(23-2)4-5-16(14)17/h4-5,10-11,13H,3,6-9,12H2,1-2H3. The van der Waals surface area contributed by atoms with Crippen LogP contribution in [0.1, 0.15) is 25.3 Å². The molecule has 2 aromatic rings. The van der Waals surface area contributed by atoms with Gasteiger partial charge in [0.25, 0.3) is 0 Å². The Morgan fingerprint density at radius 3 is 2.72 bits per heavy atom. The normalized spacial score (nSPS) is 16.1. The molecule has 1 saturated heterocycles. The van der Waals surface area contributed by atoms with Crippen LogP contribution in [0.4, 0.5) is 0 Å². The van der Waals surface area contributed by atoms with Crippen LogP contribution in [-0.2, 0) is 16.1 Å². The largest absolute Gasteiger partial charge is 0.497 e. The molecule has 1 aliphatic heterocycles. The van der Waals surface area contributed by atoms with Crippen molar-refractivity contribution in [3.8, 4) is 5.75 Å². The number of carbonyl (C=O) groups excluding carboxylic acids is 1. The number of rotatable bonds is 5. The number of hydrogen-bond acceptors (Lipinski definition) is 6. The van der Waals surface area contributed by atoms with Gasteiger partial charge in [-0.2, -0.15) is 0 Å². The van der Waals surface area contributed by atoms with Crippen molar-refractivity contribution in [3.63, 3.8) is 0 Å². The summed E-state index contributed by atoms with van der Waals surface area (Å²) in [5, 5.41) is 0.910. The van der Waals surface area contributed by atoms with Crippen LogP contribution in [-0.4, -0.2) is 37.7 Å². The van der Waals surface area contributed by atoms with Gasteiger partial charge in [-0.3, -0.25) is 9.69 Å². The molecule has 0 saturated carbocycles. The zero-order chi connectivity index (χ0) is 17.8. The van der Waals surface area contributed by atoms with Crippen LogP contribution in [0.2, 0.25) is 0 Å². The van der Waals surface area contributed by atoms with Gasteiger partial charge in [0.05, 0.1) is 19.6 Å². The average molecular weight is 345 g/mol. The highest BCUT2D eigenvalue weighted by atomic mass is 16.5. The zero-order valence-electron chi connectivity index (χ0n) is 14.6. The molecule has 0 atom stereocenters. The van der Waals surface area contributed by atoms with E-state index in [2.05, 4.69) is 4.90 Å². The van der Waals surface area contributed by atoms with E-state index in [1.807, 2.05) is 19.1 Å². The number of hydrogen-bond donors (Lipinski definition) is 0. The number of methoxy groups -OCH3 is 1. The summed E-state index contributed by atoms with van der Waals surface area (Å²) in [5.74, 6) is 0.543. The number of esters is 1. The van der Waals surface area contributed by atoms with Crippen LogP contribution in [0.5, 0.6) is 5.75 Å². The third-order valence-corrected chi connectivity index (χ3v) is 4.64. The summed E-state index contributed by atoms with van der Waals surface area (Å²) in [7, 11) is 1.58. The predicted molar refractivity (Wildman–Crippen MR) is 93.7 cm³/mol. The molecule has 2 heterocycles. The van der Waals surface area contributed by atoms with E-state index in [0.29, 0.717) is 24.5 Å². The highest BCUT2D eigenvalue weighted by molar-refractivity contribution is 5.81. The van der Waals surface area contributed by atoms with E-state index in [1.54, 1.807) is 19.2 Å². The van der Waals surface area contributed by atoms with Crippen molar-refractivity contribution in [1.82, 2.24) is 4.90 Å². The summed E-state index contributed by atoms with van der Waals surface area (Å²) in [6, 6.07) is 7.05. The fourth-order valence-corrected chi connectivity index (χ4v) is 3.30. The molecule has 1 fully saturated rings. The molecule has 1 aromatic heterocycles. The van der Waals surface area contributed by atoms with Gasteiger partial charge in [-0.25, -0.2) is 4.79 Å². The van der Waals surface area contributed by atoms with Crippen molar-refractivity contribution in [1.29, 1.82) is 0 Å². The minimum Gasteiger partial charge on any atom is -0.497 e. The van der Waals surface area contributed by atoms with Gasteiger partial charge in [0.2, 0.25) is 0 Å². The predicted octanol–water partition coefficient (Wildman–Crippen LogP) is 2.58. The Kier molecular flexibility index (Phi) is 5.38. The van der Waals surface area contributed by atoms with Crippen molar-refractivity contribution < 1.29 is 18.7 Å². The third kappa shape index (κ3) is 4.02. The van der Waals surface area contributed by atoms with Crippen molar-refractivity contribution >= 4 is 16.9 Å². The van der Waals surface area contributed by atoms with Gasteiger partial charge in [0, 0.05) is 24.1 Å². The highest BCUT2D eigenvalue weighted by Crippen LogP contribution is 2.25. The molecule has 0 spiro atoms. The van der Waals surface area contributed by atoms with Crippen LogP contribution in [0.15, 0.2) is 33.5 Å². The Hall–Kier alpha value is -2.34. The molecule has 0 N–H and O–H groups in total. The molecule has 0 amide bonds. The van der Waals surface area contributed by atoms with E-state index in [4.69, 9.17) is 13.9 Å². The molecule has 6 heteroatoms. The zero-order valence-corrected chi connectivity index (χ0v) is 14.6. The summed E-state index contributed by atoms with van der Waals surface area (Å²) in [6.45, 7) is 4.52. The van der Waals surface area contributed by atoms with Gasteiger partial charge >= 0.3 is 11.6 Å². The fourth-order valence-electron chi connectivity index (χ4n) is 3.30. The Labute approximate surface area is 146 Å². The lowest BCUT2D eigenvalue weighted by Crippen LogP contribution is -2.36. The van der Waals surface area contributed by atoms with Gasteiger partial charge in [-0.05, 0) is 50.6 Å². The summed E-state index contributed by atoms with van der Waals surface area (Å²) in [6.07, 6.45) is 1.57. The number of ether oxygens (including phenoxy) is 2. The highest BCUT2D eigenvalue weighted by Gasteiger charge is 2.26. The van der Waals surface area contributed by atoms with Crippen LogP contribution >= 0.6 is 0 Å². The van der Waals surface area contributed by atoms with Gasteiger partial charge < -0.3 is 13.9 Å². The summed E-state index contributed by atoms with van der Waals surface area (Å²) in [4.78, 5) is 26.0. The first-order valence-corrected chi connectivity index (χ1v) is 8.60. The average Bonchev–Trinajstić information content (AvgIpc) is 2.61. The maximum Gasteiger partial charge on any atom is 0.336 e. The summed E-state index contributed by atoms with van der Waals surface area (Å²) in [5.41, 5.74) is 1.10. The second-order valence-electron chi connectivity index (χ2n) is 6.26. The van der Waals surface area contributed by atoms with E-state index in [9.17, 15) is 9.59 Å². The summed E-state index contributed by atoms with van der Waals surface area (Å²) >= 11 is 0. The van der Waals surface area contributed by atoms with Crippen LogP contribution in [0, 0.1) is 5.92 Å².